The molecular formula is C8H14N2O2. The zero-order chi connectivity index (χ0) is 8.97. The molecule has 68 valence electrons. The van der Waals surface area contributed by atoms with Crippen molar-refractivity contribution in [1.29, 1.82) is 0 Å². The summed E-state index contributed by atoms with van der Waals surface area (Å²) >= 11 is 0. The third-order valence-corrected chi connectivity index (χ3v) is 2.16. The summed E-state index contributed by atoms with van der Waals surface area (Å²) in [5, 5.41) is 2.77. The van der Waals surface area contributed by atoms with E-state index in [9.17, 15) is 9.59 Å². The van der Waals surface area contributed by atoms with Crippen molar-refractivity contribution in [3.8, 4) is 0 Å². The first kappa shape index (κ1) is 9.19. The number of amides is 1. The highest BCUT2D eigenvalue weighted by atomic mass is 16.2. The second-order valence-corrected chi connectivity index (χ2v) is 2.96. The van der Waals surface area contributed by atoms with Crippen LogP contribution in [0, 0.1) is 0 Å². The standard InChI is InChI=1S/C8H14N2O2/c1-7-8(12)9-3-5-10(7)4-2-6-11/h6-7H,2-5H2,1H3,(H,9,12). The fourth-order valence-electron chi connectivity index (χ4n) is 1.35. The molecule has 1 amide bonds. The molecule has 4 heteroatoms. The number of carbonyl (C=O) groups is 2. The first-order valence-corrected chi connectivity index (χ1v) is 4.21. The van der Waals surface area contributed by atoms with Crippen LogP contribution < -0.4 is 5.32 Å². The minimum Gasteiger partial charge on any atom is -0.353 e. The summed E-state index contributed by atoms with van der Waals surface area (Å²) in [5.74, 6) is 0.0622. The van der Waals surface area contributed by atoms with Crippen LogP contribution in [0.5, 0.6) is 0 Å². The zero-order valence-electron chi connectivity index (χ0n) is 7.25. The van der Waals surface area contributed by atoms with Crippen LogP contribution in [-0.4, -0.2) is 42.8 Å². The Morgan fingerprint density at radius 3 is 3.17 bits per heavy atom. The van der Waals surface area contributed by atoms with Gasteiger partial charge in [-0.1, -0.05) is 0 Å². The maximum atomic E-state index is 11.1. The molecule has 12 heavy (non-hydrogen) atoms. The van der Waals surface area contributed by atoms with Gasteiger partial charge in [0.15, 0.2) is 0 Å². The average molecular weight is 170 g/mol. The lowest BCUT2D eigenvalue weighted by molar-refractivity contribution is -0.128. The largest absolute Gasteiger partial charge is 0.353 e. The van der Waals surface area contributed by atoms with Crippen molar-refractivity contribution in [1.82, 2.24) is 10.2 Å². The molecular weight excluding hydrogens is 156 g/mol. The lowest BCUT2D eigenvalue weighted by Crippen LogP contribution is -2.53. The Labute approximate surface area is 71.9 Å². The summed E-state index contributed by atoms with van der Waals surface area (Å²) < 4.78 is 0. The van der Waals surface area contributed by atoms with E-state index in [4.69, 9.17) is 0 Å². The van der Waals surface area contributed by atoms with E-state index in [1.165, 1.54) is 0 Å². The molecule has 0 aromatic rings. The van der Waals surface area contributed by atoms with Crippen molar-refractivity contribution in [2.45, 2.75) is 19.4 Å². The lowest BCUT2D eigenvalue weighted by Gasteiger charge is -2.32. The molecule has 0 saturated carbocycles. The fourth-order valence-corrected chi connectivity index (χ4v) is 1.35. The number of hydrogen-bond donors (Lipinski definition) is 1. The van der Waals surface area contributed by atoms with Gasteiger partial charge < -0.3 is 10.1 Å². The molecule has 0 spiro atoms. The molecule has 4 nitrogen and oxygen atoms in total. The van der Waals surface area contributed by atoms with Crippen molar-refractivity contribution < 1.29 is 9.59 Å². The van der Waals surface area contributed by atoms with Crippen molar-refractivity contribution in [3.63, 3.8) is 0 Å². The van der Waals surface area contributed by atoms with E-state index in [0.717, 1.165) is 12.8 Å². The Balaban J connectivity index is 2.40. The third kappa shape index (κ3) is 2.04. The van der Waals surface area contributed by atoms with Gasteiger partial charge in [0, 0.05) is 26.1 Å². The molecule has 1 fully saturated rings. The first-order valence-electron chi connectivity index (χ1n) is 4.21. The number of nitrogens with one attached hydrogen (secondary N) is 1. The number of nitrogens with zero attached hydrogens (tertiary/aromatic N) is 1. The maximum Gasteiger partial charge on any atom is 0.237 e. The second kappa shape index (κ2) is 4.21. The molecule has 0 aromatic carbocycles. The lowest BCUT2D eigenvalue weighted by atomic mass is 10.2. The van der Waals surface area contributed by atoms with Crippen LogP contribution in [0.15, 0.2) is 0 Å². The predicted octanol–water partition coefficient (Wildman–Crippen LogP) is -0.604. The number of carbonyl (C=O) groups excluding carboxylic acids is 2. The summed E-state index contributed by atoms with van der Waals surface area (Å²) in [7, 11) is 0. The van der Waals surface area contributed by atoms with Crippen molar-refractivity contribution in [2.75, 3.05) is 19.6 Å². The molecule has 1 heterocycles. The van der Waals surface area contributed by atoms with Gasteiger partial charge in [-0.05, 0) is 6.92 Å². The maximum absolute atomic E-state index is 11.1. The molecule has 1 aliphatic rings. The SMILES string of the molecule is CC1C(=O)NCCN1CCC=O. The highest BCUT2D eigenvalue weighted by Crippen LogP contribution is 2.03. The van der Waals surface area contributed by atoms with Crippen LogP contribution in [0.4, 0.5) is 0 Å². The minimum absolute atomic E-state index is 0.0622. The zero-order valence-corrected chi connectivity index (χ0v) is 7.25. The monoisotopic (exact) mass is 170 g/mol. The summed E-state index contributed by atoms with van der Waals surface area (Å²) in [6.45, 7) is 4.10. The minimum atomic E-state index is -0.0845. The highest BCUT2D eigenvalue weighted by Gasteiger charge is 2.24. The van der Waals surface area contributed by atoms with E-state index in [1.807, 2.05) is 11.8 Å². The Bertz CT molecular complexity index is 182. The van der Waals surface area contributed by atoms with Crippen molar-refractivity contribution >= 4 is 12.2 Å². The molecule has 1 rings (SSSR count). The summed E-state index contributed by atoms with van der Waals surface area (Å²) in [6, 6.07) is -0.0845. The predicted molar refractivity (Wildman–Crippen MR) is 44.7 cm³/mol. The van der Waals surface area contributed by atoms with Gasteiger partial charge >= 0.3 is 0 Å². The number of piperazine rings is 1. The molecule has 0 bridgehead atoms. The third-order valence-electron chi connectivity index (χ3n) is 2.16. The van der Waals surface area contributed by atoms with Gasteiger partial charge in [-0.15, -0.1) is 0 Å². The Kier molecular flexibility index (Phi) is 3.22. The van der Waals surface area contributed by atoms with Crippen LogP contribution in [0.25, 0.3) is 0 Å². The quantitative estimate of drug-likeness (QED) is 0.575. The molecule has 0 aliphatic carbocycles. The number of aldehydes is 1. The molecule has 1 saturated heterocycles. The van der Waals surface area contributed by atoms with Crippen molar-refractivity contribution in [2.24, 2.45) is 0 Å². The van der Waals surface area contributed by atoms with E-state index in [1.54, 1.807) is 0 Å². The van der Waals surface area contributed by atoms with E-state index >= 15 is 0 Å². The van der Waals surface area contributed by atoms with Crippen LogP contribution in [-0.2, 0) is 9.59 Å². The Morgan fingerprint density at radius 1 is 1.75 bits per heavy atom. The normalized spacial score (nSPS) is 25.1. The fraction of sp³-hybridized carbons (Fsp3) is 0.750. The summed E-state index contributed by atoms with van der Waals surface area (Å²) in [4.78, 5) is 23.3. The van der Waals surface area contributed by atoms with Crippen LogP contribution in [0.2, 0.25) is 0 Å². The van der Waals surface area contributed by atoms with E-state index in [2.05, 4.69) is 5.32 Å². The topological polar surface area (TPSA) is 49.4 Å². The second-order valence-electron chi connectivity index (χ2n) is 2.96. The van der Waals surface area contributed by atoms with Gasteiger partial charge in [0.25, 0.3) is 0 Å². The Hall–Kier alpha value is -0.900. The van der Waals surface area contributed by atoms with Crippen LogP contribution in [0.1, 0.15) is 13.3 Å². The summed E-state index contributed by atoms with van der Waals surface area (Å²) in [5.41, 5.74) is 0. The molecule has 1 aliphatic heterocycles. The molecule has 1 atom stereocenters. The van der Waals surface area contributed by atoms with E-state index in [0.29, 0.717) is 19.5 Å². The van der Waals surface area contributed by atoms with E-state index in [-0.39, 0.29) is 11.9 Å². The Morgan fingerprint density at radius 2 is 2.50 bits per heavy atom. The van der Waals surface area contributed by atoms with Gasteiger partial charge in [0.2, 0.25) is 5.91 Å². The molecule has 1 N–H and O–H groups in total. The van der Waals surface area contributed by atoms with Gasteiger partial charge in [0.05, 0.1) is 6.04 Å². The van der Waals surface area contributed by atoms with Crippen LogP contribution >= 0.6 is 0 Å². The van der Waals surface area contributed by atoms with Gasteiger partial charge in [-0.3, -0.25) is 9.69 Å². The average Bonchev–Trinajstić information content (AvgIpc) is 2.08. The molecule has 0 radical (unpaired) electrons. The van der Waals surface area contributed by atoms with Gasteiger partial charge in [-0.2, -0.15) is 0 Å². The van der Waals surface area contributed by atoms with Crippen molar-refractivity contribution in [3.05, 3.63) is 0 Å². The molecule has 0 aromatic heterocycles. The summed E-state index contributed by atoms with van der Waals surface area (Å²) in [6.07, 6.45) is 1.40. The van der Waals surface area contributed by atoms with E-state index < -0.39 is 0 Å². The first-order chi connectivity index (χ1) is 5.75. The van der Waals surface area contributed by atoms with Gasteiger partial charge in [0.1, 0.15) is 6.29 Å². The number of rotatable bonds is 3. The highest BCUT2D eigenvalue weighted by molar-refractivity contribution is 5.82. The van der Waals surface area contributed by atoms with Crippen LogP contribution in [0.3, 0.4) is 0 Å². The molecule has 1 unspecified atom stereocenters. The van der Waals surface area contributed by atoms with Gasteiger partial charge in [-0.25, -0.2) is 0 Å². The number of hydrogen-bond acceptors (Lipinski definition) is 3. The smallest absolute Gasteiger partial charge is 0.237 e.